The van der Waals surface area contributed by atoms with Gasteiger partial charge in [-0.15, -0.1) is 0 Å². The molecule has 0 saturated carbocycles. The highest BCUT2D eigenvalue weighted by Gasteiger charge is 2.09. The number of fused-ring (bicyclic) bond motifs is 1. The molecule has 0 aliphatic rings. The van der Waals surface area contributed by atoms with Crippen LogP contribution in [0, 0.1) is 0 Å². The molecule has 7 heteroatoms. The number of hydrogen-bond donors (Lipinski definition) is 2. The standard InChI is InChI=1S/C27H26N4O3/c1-31(2)18-19-8-10-23(11-9-19)30-26(32)22-6-3-5-20(15-22)17-29-27(33)34-24-12-13-25-21(16-24)7-4-14-28-25/h3-16H,17-18H2,1-2H3,(H,29,33)(H,30,32). The fourth-order valence-corrected chi connectivity index (χ4v) is 3.52. The third-order valence-electron chi connectivity index (χ3n) is 5.12. The molecule has 1 heterocycles. The average molecular weight is 455 g/mol. The van der Waals surface area contributed by atoms with Crippen LogP contribution in [0.5, 0.6) is 5.75 Å². The number of ether oxygens (including phenoxy) is 1. The molecule has 0 saturated heterocycles. The number of carbonyl (C=O) groups excluding carboxylic acids is 2. The number of rotatable bonds is 7. The van der Waals surface area contributed by atoms with Crippen molar-refractivity contribution in [2.75, 3.05) is 19.4 Å². The number of benzene rings is 3. The molecule has 0 bridgehead atoms. The molecule has 34 heavy (non-hydrogen) atoms. The van der Waals surface area contributed by atoms with E-state index in [1.165, 1.54) is 5.56 Å². The van der Waals surface area contributed by atoms with Crippen LogP contribution in [-0.2, 0) is 13.1 Å². The van der Waals surface area contributed by atoms with Gasteiger partial charge < -0.3 is 20.3 Å². The van der Waals surface area contributed by atoms with Gasteiger partial charge in [0.2, 0.25) is 0 Å². The molecule has 0 atom stereocenters. The normalized spacial score (nSPS) is 10.8. The van der Waals surface area contributed by atoms with Crippen molar-refractivity contribution in [2.24, 2.45) is 0 Å². The van der Waals surface area contributed by atoms with Crippen LogP contribution in [-0.4, -0.2) is 36.0 Å². The molecule has 0 aliphatic carbocycles. The molecule has 3 aromatic carbocycles. The van der Waals surface area contributed by atoms with Crippen LogP contribution < -0.4 is 15.4 Å². The molecule has 0 spiro atoms. The second-order valence-electron chi connectivity index (χ2n) is 8.19. The lowest BCUT2D eigenvalue weighted by molar-refractivity contribution is 0.102. The van der Waals surface area contributed by atoms with Gasteiger partial charge in [0, 0.05) is 35.9 Å². The largest absolute Gasteiger partial charge is 0.412 e. The Labute approximate surface area is 198 Å². The highest BCUT2D eigenvalue weighted by molar-refractivity contribution is 6.04. The van der Waals surface area contributed by atoms with Gasteiger partial charge in [-0.25, -0.2) is 4.79 Å². The fraction of sp³-hybridized carbons (Fsp3) is 0.148. The summed E-state index contributed by atoms with van der Waals surface area (Å²) < 4.78 is 5.37. The second-order valence-corrected chi connectivity index (χ2v) is 8.19. The van der Waals surface area contributed by atoms with E-state index in [4.69, 9.17) is 4.74 Å². The fourth-order valence-electron chi connectivity index (χ4n) is 3.52. The van der Waals surface area contributed by atoms with Gasteiger partial charge in [0.05, 0.1) is 5.52 Å². The van der Waals surface area contributed by atoms with Crippen LogP contribution in [0.25, 0.3) is 10.9 Å². The first-order chi connectivity index (χ1) is 16.5. The number of anilines is 1. The van der Waals surface area contributed by atoms with Crippen LogP contribution in [0.15, 0.2) is 85.1 Å². The second kappa shape index (κ2) is 10.6. The summed E-state index contributed by atoms with van der Waals surface area (Å²) in [5.41, 5.74) is 4.02. The summed E-state index contributed by atoms with van der Waals surface area (Å²) in [6.45, 7) is 1.07. The van der Waals surface area contributed by atoms with Crippen molar-refractivity contribution < 1.29 is 14.3 Å². The Morgan fingerprint density at radius 1 is 0.912 bits per heavy atom. The van der Waals surface area contributed by atoms with Gasteiger partial charge in [-0.2, -0.15) is 0 Å². The number of amides is 2. The van der Waals surface area contributed by atoms with Crippen molar-refractivity contribution in [3.63, 3.8) is 0 Å². The van der Waals surface area contributed by atoms with Crippen LogP contribution in [0.2, 0.25) is 0 Å². The molecule has 2 N–H and O–H groups in total. The summed E-state index contributed by atoms with van der Waals surface area (Å²) in [6.07, 6.45) is 1.14. The lowest BCUT2D eigenvalue weighted by Gasteiger charge is -2.11. The van der Waals surface area contributed by atoms with Crippen molar-refractivity contribution in [1.82, 2.24) is 15.2 Å². The zero-order valence-corrected chi connectivity index (χ0v) is 19.1. The van der Waals surface area contributed by atoms with E-state index in [1.54, 1.807) is 42.6 Å². The molecule has 2 amide bonds. The Bertz CT molecular complexity index is 1300. The maximum atomic E-state index is 12.7. The van der Waals surface area contributed by atoms with E-state index in [0.717, 1.165) is 28.7 Å². The number of nitrogens with zero attached hydrogens (tertiary/aromatic N) is 2. The Morgan fingerprint density at radius 3 is 2.53 bits per heavy atom. The molecule has 0 aliphatic heterocycles. The van der Waals surface area contributed by atoms with Gasteiger partial charge in [0.1, 0.15) is 5.75 Å². The van der Waals surface area contributed by atoms with Crippen LogP contribution >= 0.6 is 0 Å². The predicted molar refractivity (Wildman–Crippen MR) is 133 cm³/mol. The third-order valence-corrected chi connectivity index (χ3v) is 5.12. The maximum absolute atomic E-state index is 12.7. The summed E-state index contributed by atoms with van der Waals surface area (Å²) in [5, 5.41) is 6.52. The predicted octanol–water partition coefficient (Wildman–Crippen LogP) is 4.84. The molecule has 1 aromatic heterocycles. The Morgan fingerprint density at radius 2 is 1.74 bits per heavy atom. The van der Waals surface area contributed by atoms with Crippen LogP contribution in [0.4, 0.5) is 10.5 Å². The Kier molecular flexibility index (Phi) is 7.15. The molecule has 0 fully saturated rings. The van der Waals surface area contributed by atoms with Crippen molar-refractivity contribution in [3.05, 3.63) is 102 Å². The topological polar surface area (TPSA) is 83.6 Å². The third kappa shape index (κ3) is 6.17. The van der Waals surface area contributed by atoms with Crippen molar-refractivity contribution in [1.29, 1.82) is 0 Å². The number of hydrogen-bond acceptors (Lipinski definition) is 5. The Balaban J connectivity index is 1.32. The van der Waals surface area contributed by atoms with E-state index in [9.17, 15) is 9.59 Å². The lowest BCUT2D eigenvalue weighted by Crippen LogP contribution is -2.26. The summed E-state index contributed by atoms with van der Waals surface area (Å²) in [4.78, 5) is 31.3. The molecule has 4 aromatic rings. The zero-order valence-electron chi connectivity index (χ0n) is 19.1. The number of carbonyl (C=O) groups is 2. The highest BCUT2D eigenvalue weighted by Crippen LogP contribution is 2.19. The molecular weight excluding hydrogens is 428 g/mol. The van der Waals surface area contributed by atoms with Gasteiger partial charge in [-0.05, 0) is 73.8 Å². The molecule has 4 rings (SSSR count). The zero-order chi connectivity index (χ0) is 23.9. The minimum atomic E-state index is -0.573. The highest BCUT2D eigenvalue weighted by atomic mass is 16.6. The average Bonchev–Trinajstić information content (AvgIpc) is 2.84. The summed E-state index contributed by atoms with van der Waals surface area (Å²) in [7, 11) is 4.02. The first-order valence-electron chi connectivity index (χ1n) is 10.9. The van der Waals surface area contributed by atoms with Crippen LogP contribution in [0.3, 0.4) is 0 Å². The summed E-state index contributed by atoms with van der Waals surface area (Å²) >= 11 is 0. The van der Waals surface area contributed by atoms with E-state index in [1.807, 2.05) is 56.6 Å². The van der Waals surface area contributed by atoms with E-state index in [2.05, 4.69) is 20.5 Å². The smallest absolute Gasteiger partial charge is 0.410 e. The molecular formula is C27H26N4O3. The van der Waals surface area contributed by atoms with Gasteiger partial charge in [-0.1, -0.05) is 30.3 Å². The van der Waals surface area contributed by atoms with Crippen LogP contribution in [0.1, 0.15) is 21.5 Å². The maximum Gasteiger partial charge on any atom is 0.412 e. The van der Waals surface area contributed by atoms with Gasteiger partial charge in [0.15, 0.2) is 0 Å². The first-order valence-corrected chi connectivity index (χ1v) is 10.9. The molecule has 172 valence electrons. The number of pyridine rings is 1. The lowest BCUT2D eigenvalue weighted by atomic mass is 10.1. The molecule has 7 nitrogen and oxygen atoms in total. The monoisotopic (exact) mass is 454 g/mol. The van der Waals surface area contributed by atoms with E-state index in [0.29, 0.717) is 11.3 Å². The molecule has 0 unspecified atom stereocenters. The van der Waals surface area contributed by atoms with Gasteiger partial charge in [-0.3, -0.25) is 9.78 Å². The van der Waals surface area contributed by atoms with Crippen molar-refractivity contribution >= 4 is 28.6 Å². The van der Waals surface area contributed by atoms with Gasteiger partial charge in [0.25, 0.3) is 5.91 Å². The minimum absolute atomic E-state index is 0.213. The number of nitrogens with one attached hydrogen (secondary N) is 2. The van der Waals surface area contributed by atoms with Gasteiger partial charge >= 0.3 is 6.09 Å². The Hall–Kier alpha value is -4.23. The van der Waals surface area contributed by atoms with Crippen molar-refractivity contribution in [3.8, 4) is 5.75 Å². The molecule has 0 radical (unpaired) electrons. The van der Waals surface area contributed by atoms with E-state index < -0.39 is 6.09 Å². The summed E-state index contributed by atoms with van der Waals surface area (Å²) in [6, 6.07) is 23.9. The van der Waals surface area contributed by atoms with Crippen molar-refractivity contribution in [2.45, 2.75) is 13.1 Å². The summed E-state index contributed by atoms with van der Waals surface area (Å²) in [5.74, 6) is 0.220. The quantitative estimate of drug-likeness (QED) is 0.418. The van der Waals surface area contributed by atoms with E-state index >= 15 is 0 Å². The first kappa shape index (κ1) is 22.9. The SMILES string of the molecule is CN(C)Cc1ccc(NC(=O)c2cccc(CNC(=O)Oc3ccc4ncccc4c3)c2)cc1. The van der Waals surface area contributed by atoms with E-state index in [-0.39, 0.29) is 12.5 Å². The minimum Gasteiger partial charge on any atom is -0.410 e. The number of aromatic nitrogens is 1.